The summed E-state index contributed by atoms with van der Waals surface area (Å²) in [5.74, 6) is 0. The van der Waals surface area contributed by atoms with Gasteiger partial charge >= 0.3 is 0 Å². The fourth-order valence-electron chi connectivity index (χ4n) is 0.364. The highest BCUT2D eigenvalue weighted by atomic mass is 14.8. The molecule has 0 fully saturated rings. The highest BCUT2D eigenvalue weighted by molar-refractivity contribution is 5.17. The van der Waals surface area contributed by atoms with Gasteiger partial charge in [0.15, 0.2) is 6.20 Å². The SMILES string of the molecule is CC1=[C+]NC=C1. The van der Waals surface area contributed by atoms with Gasteiger partial charge in [-0.1, -0.05) is 0 Å². The predicted molar refractivity (Wildman–Crippen MR) is 24.7 cm³/mol. The predicted octanol–water partition coefficient (Wildman–Crippen LogP) is 0.810. The molecule has 1 nitrogen and oxygen atoms in total. The molecule has 0 saturated heterocycles. The van der Waals surface area contributed by atoms with Crippen molar-refractivity contribution in [3.63, 3.8) is 0 Å². The van der Waals surface area contributed by atoms with Crippen molar-refractivity contribution in [3.05, 3.63) is 24.0 Å². The molecule has 1 aliphatic rings. The summed E-state index contributed by atoms with van der Waals surface area (Å²) in [5.41, 5.74) is 1.16. The number of allylic oxidation sites excluding steroid dienone is 2. The molecule has 0 radical (unpaired) electrons. The second-order valence-electron chi connectivity index (χ2n) is 1.29. The monoisotopic (exact) mass is 80.0 g/mol. The first-order valence-corrected chi connectivity index (χ1v) is 1.91. The summed E-state index contributed by atoms with van der Waals surface area (Å²) in [7, 11) is 0. The Labute approximate surface area is 37.4 Å². The van der Waals surface area contributed by atoms with Gasteiger partial charge in [0.1, 0.15) is 17.8 Å². The quantitative estimate of drug-likeness (QED) is 0.424. The lowest BCUT2D eigenvalue weighted by Gasteiger charge is -1.60. The van der Waals surface area contributed by atoms with Gasteiger partial charge in [0.25, 0.3) is 0 Å². The van der Waals surface area contributed by atoms with E-state index in [4.69, 9.17) is 0 Å². The Kier molecular flexibility index (Phi) is 0.627. The van der Waals surface area contributed by atoms with Gasteiger partial charge in [0, 0.05) is 0 Å². The van der Waals surface area contributed by atoms with Crippen LogP contribution < -0.4 is 5.32 Å². The minimum Gasteiger partial charge on any atom is -0.205 e. The Morgan fingerprint density at radius 1 is 1.83 bits per heavy atom. The molecule has 1 aliphatic heterocycles. The van der Waals surface area contributed by atoms with Gasteiger partial charge in [0.2, 0.25) is 0 Å². The molecule has 1 N–H and O–H groups in total. The van der Waals surface area contributed by atoms with E-state index in [1.807, 2.05) is 19.2 Å². The standard InChI is InChI=1S/C5H6N/c1-5-2-3-6-4-5/h2-3,6H,1H3/q+1. The second-order valence-corrected chi connectivity index (χ2v) is 1.29. The maximum absolute atomic E-state index is 2.88. The van der Waals surface area contributed by atoms with Crippen molar-refractivity contribution in [3.8, 4) is 0 Å². The van der Waals surface area contributed by atoms with Gasteiger partial charge in [-0.05, 0) is 6.92 Å². The van der Waals surface area contributed by atoms with Crippen LogP contribution in [0.3, 0.4) is 0 Å². The minimum atomic E-state index is 1.16. The molecule has 0 saturated carbocycles. The summed E-state index contributed by atoms with van der Waals surface area (Å²) < 4.78 is 0. The normalized spacial score (nSPS) is 15.8. The number of hydrogen-bond acceptors (Lipinski definition) is 1. The summed E-state index contributed by atoms with van der Waals surface area (Å²) in [6, 6.07) is 0. The van der Waals surface area contributed by atoms with Crippen LogP contribution in [0.2, 0.25) is 0 Å². The molecule has 0 bridgehead atoms. The zero-order valence-electron chi connectivity index (χ0n) is 3.65. The largest absolute Gasteiger partial charge is 0.205 e. The van der Waals surface area contributed by atoms with Crippen molar-refractivity contribution in [1.29, 1.82) is 0 Å². The van der Waals surface area contributed by atoms with Crippen LogP contribution in [0.1, 0.15) is 6.92 Å². The average Bonchev–Trinajstić information content (AvgIpc) is 1.86. The van der Waals surface area contributed by atoms with E-state index in [1.165, 1.54) is 0 Å². The Morgan fingerprint density at radius 3 is 2.83 bits per heavy atom. The third-order valence-corrected chi connectivity index (χ3v) is 0.686. The molecular weight excluding hydrogens is 74.1 g/mol. The van der Waals surface area contributed by atoms with Gasteiger partial charge < -0.3 is 0 Å². The number of nitrogens with one attached hydrogen (secondary N) is 1. The fraction of sp³-hybridized carbons (Fsp3) is 0.200. The van der Waals surface area contributed by atoms with Crippen molar-refractivity contribution >= 4 is 0 Å². The molecular formula is C5H6N+. The zero-order valence-corrected chi connectivity index (χ0v) is 3.65. The Morgan fingerprint density at radius 2 is 2.67 bits per heavy atom. The van der Waals surface area contributed by atoms with Gasteiger partial charge in [0.05, 0.1) is 0 Å². The van der Waals surface area contributed by atoms with E-state index in [2.05, 4.69) is 11.5 Å². The van der Waals surface area contributed by atoms with E-state index in [0.29, 0.717) is 0 Å². The summed E-state index contributed by atoms with van der Waals surface area (Å²) in [6.45, 7) is 2.00. The highest BCUT2D eigenvalue weighted by Gasteiger charge is 1.97. The van der Waals surface area contributed by atoms with Crippen molar-refractivity contribution < 1.29 is 0 Å². The lowest BCUT2D eigenvalue weighted by molar-refractivity contribution is 1.17. The summed E-state index contributed by atoms with van der Waals surface area (Å²) in [6.07, 6.45) is 6.70. The summed E-state index contributed by atoms with van der Waals surface area (Å²) in [4.78, 5) is 0. The van der Waals surface area contributed by atoms with Crippen molar-refractivity contribution in [2.24, 2.45) is 0 Å². The van der Waals surface area contributed by atoms with Crippen LogP contribution in [0.5, 0.6) is 0 Å². The first kappa shape index (κ1) is 3.38. The zero-order chi connectivity index (χ0) is 4.41. The van der Waals surface area contributed by atoms with Gasteiger partial charge in [-0.25, -0.2) is 5.32 Å². The van der Waals surface area contributed by atoms with Crippen molar-refractivity contribution in [2.45, 2.75) is 6.92 Å². The number of hydrogen-bond donors (Lipinski definition) is 1. The second kappa shape index (κ2) is 1.11. The van der Waals surface area contributed by atoms with Crippen LogP contribution in [0, 0.1) is 6.20 Å². The van der Waals surface area contributed by atoms with E-state index >= 15 is 0 Å². The molecule has 1 rings (SSSR count). The smallest absolute Gasteiger partial charge is 0.153 e. The van der Waals surface area contributed by atoms with Crippen LogP contribution in [0.15, 0.2) is 17.8 Å². The summed E-state index contributed by atoms with van der Waals surface area (Å²) >= 11 is 0. The molecule has 0 amide bonds. The van der Waals surface area contributed by atoms with E-state index in [-0.39, 0.29) is 0 Å². The molecule has 30 valence electrons. The van der Waals surface area contributed by atoms with Gasteiger partial charge in [-0.3, -0.25) is 0 Å². The van der Waals surface area contributed by atoms with Crippen LogP contribution in [-0.4, -0.2) is 0 Å². The van der Waals surface area contributed by atoms with Crippen LogP contribution in [0.4, 0.5) is 0 Å². The van der Waals surface area contributed by atoms with E-state index in [9.17, 15) is 0 Å². The maximum Gasteiger partial charge on any atom is 0.153 e. The fourth-order valence-corrected chi connectivity index (χ4v) is 0.364. The molecule has 0 spiro atoms. The molecule has 0 aromatic rings. The van der Waals surface area contributed by atoms with Crippen molar-refractivity contribution in [1.82, 2.24) is 5.32 Å². The lowest BCUT2D eigenvalue weighted by atomic mass is 10.4. The average molecular weight is 80.1 g/mol. The minimum absolute atomic E-state index is 1.16. The number of rotatable bonds is 0. The van der Waals surface area contributed by atoms with E-state index in [1.54, 1.807) is 0 Å². The Balaban J connectivity index is 2.68. The van der Waals surface area contributed by atoms with Gasteiger partial charge in [-0.2, -0.15) is 0 Å². The third kappa shape index (κ3) is 0.399. The van der Waals surface area contributed by atoms with Gasteiger partial charge in [-0.15, -0.1) is 0 Å². The lowest BCUT2D eigenvalue weighted by Crippen LogP contribution is -1.84. The first-order valence-electron chi connectivity index (χ1n) is 1.91. The molecule has 0 aromatic carbocycles. The first-order chi connectivity index (χ1) is 2.89. The van der Waals surface area contributed by atoms with Crippen molar-refractivity contribution in [2.75, 3.05) is 0 Å². The maximum atomic E-state index is 2.88. The topological polar surface area (TPSA) is 12.0 Å². The molecule has 0 unspecified atom stereocenters. The molecule has 0 atom stereocenters. The Hall–Kier alpha value is -0.810. The molecule has 6 heavy (non-hydrogen) atoms. The highest BCUT2D eigenvalue weighted by Crippen LogP contribution is 1.94. The van der Waals surface area contributed by atoms with Crippen LogP contribution >= 0.6 is 0 Å². The molecule has 0 aromatic heterocycles. The Bertz CT molecular complexity index is 97.8. The molecule has 0 aliphatic carbocycles. The van der Waals surface area contributed by atoms with Crippen LogP contribution in [-0.2, 0) is 0 Å². The van der Waals surface area contributed by atoms with E-state index in [0.717, 1.165) is 5.57 Å². The molecule has 1 heteroatoms. The third-order valence-electron chi connectivity index (χ3n) is 0.686. The molecule has 1 heterocycles. The van der Waals surface area contributed by atoms with Crippen LogP contribution in [0.25, 0.3) is 0 Å². The summed E-state index contributed by atoms with van der Waals surface area (Å²) in [5, 5.41) is 2.80. The van der Waals surface area contributed by atoms with E-state index < -0.39 is 0 Å².